The highest BCUT2D eigenvalue weighted by atomic mass is 16.5. The van der Waals surface area contributed by atoms with Crippen LogP contribution in [0.3, 0.4) is 0 Å². The van der Waals surface area contributed by atoms with Crippen molar-refractivity contribution < 1.29 is 14.3 Å². The number of carbonyl (C=O) groups is 2. The highest BCUT2D eigenvalue weighted by Gasteiger charge is 2.28. The van der Waals surface area contributed by atoms with Crippen molar-refractivity contribution in [3.8, 4) is 11.4 Å². The predicted molar refractivity (Wildman–Crippen MR) is 157 cm³/mol. The summed E-state index contributed by atoms with van der Waals surface area (Å²) in [6.07, 6.45) is 3.45. The number of benzene rings is 2. The van der Waals surface area contributed by atoms with Gasteiger partial charge in [0, 0.05) is 50.0 Å². The summed E-state index contributed by atoms with van der Waals surface area (Å²) in [6.45, 7) is 6.11. The number of likely N-dealkylation sites (tertiary alicyclic amines) is 1. The molecule has 2 aromatic carbocycles. The van der Waals surface area contributed by atoms with E-state index in [1.165, 1.54) is 0 Å². The molecule has 4 aromatic rings. The summed E-state index contributed by atoms with van der Waals surface area (Å²) >= 11 is 0. The number of fused-ring (bicyclic) bond motifs is 1. The van der Waals surface area contributed by atoms with Crippen LogP contribution in [0.1, 0.15) is 34.8 Å². The van der Waals surface area contributed by atoms with Gasteiger partial charge in [0.05, 0.1) is 30.8 Å². The Balaban J connectivity index is 1.29. The fourth-order valence-corrected chi connectivity index (χ4v) is 5.41. The van der Waals surface area contributed by atoms with Crippen LogP contribution in [0, 0.1) is 6.92 Å². The van der Waals surface area contributed by atoms with E-state index in [2.05, 4.69) is 15.5 Å². The van der Waals surface area contributed by atoms with Crippen LogP contribution in [0.25, 0.3) is 22.4 Å². The lowest BCUT2D eigenvalue weighted by molar-refractivity contribution is 0.0691. The molecule has 0 saturated carbocycles. The van der Waals surface area contributed by atoms with Crippen molar-refractivity contribution in [3.05, 3.63) is 65.9 Å². The molecule has 0 atom stereocenters. The van der Waals surface area contributed by atoms with Gasteiger partial charge in [0.15, 0.2) is 11.5 Å². The summed E-state index contributed by atoms with van der Waals surface area (Å²) in [4.78, 5) is 38.9. The van der Waals surface area contributed by atoms with Gasteiger partial charge in [-0.05, 0) is 56.2 Å². The van der Waals surface area contributed by atoms with E-state index in [0.717, 1.165) is 59.5 Å². The van der Waals surface area contributed by atoms with Crippen LogP contribution in [0.2, 0.25) is 0 Å². The number of hydrogen-bond acceptors (Lipinski definition) is 7. The van der Waals surface area contributed by atoms with Crippen LogP contribution in [0.4, 0.5) is 16.3 Å². The van der Waals surface area contributed by atoms with Gasteiger partial charge in [-0.2, -0.15) is 5.10 Å². The van der Waals surface area contributed by atoms with E-state index >= 15 is 0 Å². The van der Waals surface area contributed by atoms with Gasteiger partial charge < -0.3 is 25.2 Å². The van der Waals surface area contributed by atoms with Gasteiger partial charge in [0.25, 0.3) is 5.91 Å². The highest BCUT2D eigenvalue weighted by Crippen LogP contribution is 2.32. The normalized spacial score (nSPS) is 16.1. The van der Waals surface area contributed by atoms with E-state index in [4.69, 9.17) is 19.8 Å². The first kappa shape index (κ1) is 26.7. The summed E-state index contributed by atoms with van der Waals surface area (Å²) in [5, 5.41) is 11.0. The van der Waals surface area contributed by atoms with Gasteiger partial charge in [-0.1, -0.05) is 17.7 Å². The molecule has 2 aromatic heterocycles. The number of anilines is 2. The monoisotopic (exact) mass is 554 g/mol. The summed E-state index contributed by atoms with van der Waals surface area (Å²) < 4.78 is 7.61. The number of nitrogens with zero attached hydrogens (tertiary/aromatic N) is 6. The second-order valence-corrected chi connectivity index (χ2v) is 10.5. The second-order valence-electron chi connectivity index (χ2n) is 10.5. The zero-order valence-corrected chi connectivity index (χ0v) is 23.3. The van der Waals surface area contributed by atoms with Crippen molar-refractivity contribution in [1.82, 2.24) is 30.0 Å². The van der Waals surface area contributed by atoms with E-state index in [-0.39, 0.29) is 18.0 Å². The second kappa shape index (κ2) is 11.5. The molecule has 2 aliphatic heterocycles. The number of ether oxygens (including phenoxy) is 1. The lowest BCUT2D eigenvalue weighted by Gasteiger charge is -2.32. The minimum absolute atomic E-state index is 0.0716. The third-order valence-corrected chi connectivity index (χ3v) is 7.77. The largest absolute Gasteiger partial charge is 0.378 e. The Hall–Kier alpha value is -4.51. The average molecular weight is 555 g/mol. The molecule has 0 radical (unpaired) electrons. The molecular weight excluding hydrogens is 520 g/mol. The number of urea groups is 1. The number of aromatic nitrogens is 4. The Morgan fingerprint density at radius 2 is 1.63 bits per heavy atom. The maximum atomic E-state index is 13.1. The van der Waals surface area contributed by atoms with E-state index in [0.29, 0.717) is 37.8 Å². The average Bonchev–Trinajstić information content (AvgIpc) is 3.45. The van der Waals surface area contributed by atoms with Gasteiger partial charge in [-0.25, -0.2) is 19.4 Å². The smallest absolute Gasteiger partial charge is 0.318 e. The number of amides is 3. The van der Waals surface area contributed by atoms with Gasteiger partial charge >= 0.3 is 6.03 Å². The summed E-state index contributed by atoms with van der Waals surface area (Å²) in [6, 6.07) is 15.1. The predicted octanol–water partition coefficient (Wildman–Crippen LogP) is 3.87. The molecule has 2 N–H and O–H groups in total. The number of rotatable bonds is 5. The molecule has 6 rings (SSSR count). The molecule has 11 heteroatoms. The van der Waals surface area contributed by atoms with E-state index < -0.39 is 0 Å². The fourth-order valence-electron chi connectivity index (χ4n) is 5.41. The van der Waals surface area contributed by atoms with Gasteiger partial charge in [-0.3, -0.25) is 4.79 Å². The molecule has 2 saturated heterocycles. The molecule has 41 heavy (non-hydrogen) atoms. The van der Waals surface area contributed by atoms with E-state index in [1.54, 1.807) is 7.05 Å². The topological polar surface area (TPSA) is 118 Å². The molecule has 0 unspecified atom stereocenters. The van der Waals surface area contributed by atoms with Crippen molar-refractivity contribution in [2.24, 2.45) is 0 Å². The number of piperidine rings is 1. The van der Waals surface area contributed by atoms with Crippen LogP contribution in [-0.4, -0.2) is 83.0 Å². The van der Waals surface area contributed by atoms with Crippen molar-refractivity contribution in [3.63, 3.8) is 0 Å². The number of hydrogen-bond donors (Lipinski definition) is 2. The fraction of sp³-hybridized carbons (Fsp3) is 0.367. The van der Waals surface area contributed by atoms with Crippen molar-refractivity contribution >= 4 is 34.5 Å². The van der Waals surface area contributed by atoms with Crippen LogP contribution in [-0.2, 0) is 4.74 Å². The summed E-state index contributed by atoms with van der Waals surface area (Å²) in [7, 11) is 1.58. The maximum Gasteiger partial charge on any atom is 0.318 e. The Morgan fingerprint density at radius 3 is 2.32 bits per heavy atom. The van der Waals surface area contributed by atoms with Crippen molar-refractivity contribution in [2.75, 3.05) is 56.7 Å². The van der Waals surface area contributed by atoms with Crippen molar-refractivity contribution in [1.29, 1.82) is 0 Å². The van der Waals surface area contributed by atoms with Crippen molar-refractivity contribution in [2.45, 2.75) is 25.8 Å². The van der Waals surface area contributed by atoms with Crippen LogP contribution >= 0.6 is 0 Å². The molecule has 0 aliphatic carbocycles. The first-order valence-corrected chi connectivity index (χ1v) is 14.0. The standard InChI is InChI=1S/C30H34N8O3/c1-20-3-5-22(6-4-20)29(39)37-13-11-24(12-14-37)38-28-25(19-32-38)27(36-15-17-41-18-16-36)34-26(35-28)21-7-9-23(10-8-21)33-30(40)31-2/h3-10,19,24H,11-18H2,1-2H3,(H2,31,33,40). The lowest BCUT2D eigenvalue weighted by Crippen LogP contribution is -2.39. The first-order valence-electron chi connectivity index (χ1n) is 14.0. The number of morpholine rings is 1. The highest BCUT2D eigenvalue weighted by molar-refractivity contribution is 5.94. The Bertz CT molecular complexity index is 1540. The number of nitrogens with one attached hydrogen (secondary N) is 2. The SMILES string of the molecule is CNC(=O)Nc1ccc(-c2nc(N3CCOCC3)c3cnn(C4CCN(C(=O)c5ccc(C)cc5)CC4)c3n2)cc1. The maximum absolute atomic E-state index is 13.1. The number of carbonyl (C=O) groups excluding carboxylic acids is 2. The molecule has 2 aliphatic rings. The molecule has 212 valence electrons. The molecule has 4 heterocycles. The number of aryl methyl sites for hydroxylation is 1. The van der Waals surface area contributed by atoms with Crippen LogP contribution in [0.15, 0.2) is 54.7 Å². The molecule has 2 fully saturated rings. The third kappa shape index (κ3) is 5.58. The lowest BCUT2D eigenvalue weighted by atomic mass is 10.0. The molecular formula is C30H34N8O3. The third-order valence-electron chi connectivity index (χ3n) is 7.77. The van der Waals surface area contributed by atoms with Gasteiger partial charge in [0.2, 0.25) is 0 Å². The Kier molecular flexibility index (Phi) is 7.51. The van der Waals surface area contributed by atoms with Crippen LogP contribution < -0.4 is 15.5 Å². The summed E-state index contributed by atoms with van der Waals surface area (Å²) in [5.41, 5.74) is 4.17. The Morgan fingerprint density at radius 1 is 0.927 bits per heavy atom. The molecule has 0 spiro atoms. The van der Waals surface area contributed by atoms with Gasteiger partial charge in [0.1, 0.15) is 5.82 Å². The van der Waals surface area contributed by atoms with Crippen LogP contribution in [0.5, 0.6) is 0 Å². The van der Waals surface area contributed by atoms with E-state index in [1.807, 2.05) is 71.2 Å². The molecule has 3 amide bonds. The summed E-state index contributed by atoms with van der Waals surface area (Å²) in [5.74, 6) is 1.51. The zero-order valence-electron chi connectivity index (χ0n) is 23.3. The molecule has 0 bridgehead atoms. The Labute approximate surface area is 238 Å². The minimum Gasteiger partial charge on any atom is -0.378 e. The zero-order chi connectivity index (χ0) is 28.3. The molecule has 11 nitrogen and oxygen atoms in total. The quantitative estimate of drug-likeness (QED) is 0.385. The van der Waals surface area contributed by atoms with Gasteiger partial charge in [-0.15, -0.1) is 0 Å². The first-order chi connectivity index (χ1) is 20.0. The minimum atomic E-state index is -0.277. The van der Waals surface area contributed by atoms with E-state index in [9.17, 15) is 9.59 Å².